The van der Waals surface area contributed by atoms with Crippen LogP contribution in [0, 0.1) is 0 Å². The van der Waals surface area contributed by atoms with Gasteiger partial charge >= 0.3 is 5.97 Å². The first-order chi connectivity index (χ1) is 6.47. The van der Waals surface area contributed by atoms with E-state index in [0.29, 0.717) is 6.61 Å². The van der Waals surface area contributed by atoms with Gasteiger partial charge in [0.2, 0.25) is 0 Å². The SMILES string of the molecule is COCC(C)(C)c1nc(C(=O)O)cs1. The monoisotopic (exact) mass is 215 g/mol. The zero-order valence-electron chi connectivity index (χ0n) is 8.40. The van der Waals surface area contributed by atoms with E-state index in [1.54, 1.807) is 12.5 Å². The largest absolute Gasteiger partial charge is 0.476 e. The predicted molar refractivity (Wildman–Crippen MR) is 54.0 cm³/mol. The van der Waals surface area contributed by atoms with Crippen molar-refractivity contribution in [1.82, 2.24) is 4.98 Å². The van der Waals surface area contributed by atoms with E-state index in [-0.39, 0.29) is 11.1 Å². The van der Waals surface area contributed by atoms with Crippen molar-refractivity contribution < 1.29 is 14.6 Å². The molecule has 0 saturated heterocycles. The highest BCUT2D eigenvalue weighted by molar-refractivity contribution is 7.10. The second kappa shape index (κ2) is 4.06. The average Bonchev–Trinajstić information content (AvgIpc) is 2.51. The molecule has 0 spiro atoms. The lowest BCUT2D eigenvalue weighted by Crippen LogP contribution is -2.23. The highest BCUT2D eigenvalue weighted by Gasteiger charge is 2.25. The van der Waals surface area contributed by atoms with E-state index < -0.39 is 5.97 Å². The first-order valence-electron chi connectivity index (χ1n) is 4.15. The van der Waals surface area contributed by atoms with E-state index in [2.05, 4.69) is 4.98 Å². The Hall–Kier alpha value is -0.940. The van der Waals surface area contributed by atoms with E-state index in [0.717, 1.165) is 5.01 Å². The molecule has 0 unspecified atom stereocenters. The number of carboxylic acids is 1. The summed E-state index contributed by atoms with van der Waals surface area (Å²) in [5, 5.41) is 11.0. The summed E-state index contributed by atoms with van der Waals surface area (Å²) < 4.78 is 5.05. The lowest BCUT2D eigenvalue weighted by molar-refractivity contribution is 0.0690. The van der Waals surface area contributed by atoms with Gasteiger partial charge in [0.1, 0.15) is 5.01 Å². The van der Waals surface area contributed by atoms with Crippen LogP contribution in [0.5, 0.6) is 0 Å². The molecule has 1 N–H and O–H groups in total. The van der Waals surface area contributed by atoms with Crippen LogP contribution in [0.4, 0.5) is 0 Å². The molecule has 1 heterocycles. The number of methoxy groups -OCH3 is 1. The molecule has 0 aliphatic heterocycles. The molecule has 14 heavy (non-hydrogen) atoms. The van der Waals surface area contributed by atoms with Gasteiger partial charge in [0, 0.05) is 17.9 Å². The van der Waals surface area contributed by atoms with Crippen molar-refractivity contribution in [2.24, 2.45) is 0 Å². The van der Waals surface area contributed by atoms with Crippen molar-refractivity contribution in [3.63, 3.8) is 0 Å². The smallest absolute Gasteiger partial charge is 0.355 e. The summed E-state index contributed by atoms with van der Waals surface area (Å²) in [6.07, 6.45) is 0. The van der Waals surface area contributed by atoms with E-state index in [1.165, 1.54) is 11.3 Å². The Labute approximate surface area is 86.6 Å². The Kier molecular flexibility index (Phi) is 3.23. The second-order valence-corrected chi connectivity index (χ2v) is 4.52. The standard InChI is InChI=1S/C9H13NO3S/c1-9(2,5-13-3)8-10-6(4-14-8)7(11)12/h4H,5H2,1-3H3,(H,11,12). The fraction of sp³-hybridized carbons (Fsp3) is 0.556. The Balaban J connectivity index is 2.90. The normalized spacial score (nSPS) is 11.6. The molecule has 4 nitrogen and oxygen atoms in total. The molecule has 0 aromatic carbocycles. The third-order valence-corrected chi connectivity index (χ3v) is 3.02. The van der Waals surface area contributed by atoms with Crippen LogP contribution in [0.25, 0.3) is 0 Å². The molecule has 1 aromatic heterocycles. The fourth-order valence-corrected chi connectivity index (χ4v) is 2.01. The molecule has 0 radical (unpaired) electrons. The van der Waals surface area contributed by atoms with Crippen molar-refractivity contribution in [2.45, 2.75) is 19.3 Å². The van der Waals surface area contributed by atoms with Crippen LogP contribution in [0.1, 0.15) is 29.3 Å². The number of aromatic nitrogens is 1. The third-order valence-electron chi connectivity index (χ3n) is 1.81. The maximum Gasteiger partial charge on any atom is 0.355 e. The van der Waals surface area contributed by atoms with Crippen LogP contribution in [-0.4, -0.2) is 29.8 Å². The summed E-state index contributed by atoms with van der Waals surface area (Å²) in [4.78, 5) is 14.7. The molecule has 0 bridgehead atoms. The number of nitrogens with zero attached hydrogens (tertiary/aromatic N) is 1. The van der Waals surface area contributed by atoms with Gasteiger partial charge in [0.05, 0.1) is 6.61 Å². The van der Waals surface area contributed by atoms with Gasteiger partial charge in [0.15, 0.2) is 5.69 Å². The van der Waals surface area contributed by atoms with Crippen molar-refractivity contribution >= 4 is 17.3 Å². The molecule has 78 valence electrons. The van der Waals surface area contributed by atoms with Gasteiger partial charge in [-0.3, -0.25) is 0 Å². The van der Waals surface area contributed by atoms with E-state index >= 15 is 0 Å². The number of carboxylic acid groups (broad SMARTS) is 1. The minimum absolute atomic E-state index is 0.106. The first-order valence-corrected chi connectivity index (χ1v) is 5.03. The number of rotatable bonds is 4. The molecule has 0 fully saturated rings. The van der Waals surface area contributed by atoms with Gasteiger partial charge in [0.25, 0.3) is 0 Å². The summed E-state index contributed by atoms with van der Waals surface area (Å²) in [5.41, 5.74) is -0.123. The van der Waals surface area contributed by atoms with Gasteiger partial charge in [-0.15, -0.1) is 11.3 Å². The topological polar surface area (TPSA) is 59.4 Å². The van der Waals surface area contributed by atoms with Gasteiger partial charge < -0.3 is 9.84 Å². The summed E-state index contributed by atoms with van der Waals surface area (Å²) >= 11 is 1.35. The van der Waals surface area contributed by atoms with Crippen LogP contribution >= 0.6 is 11.3 Å². The zero-order valence-corrected chi connectivity index (χ0v) is 9.22. The van der Waals surface area contributed by atoms with E-state index in [9.17, 15) is 4.79 Å². The lowest BCUT2D eigenvalue weighted by Gasteiger charge is -2.20. The van der Waals surface area contributed by atoms with Crippen LogP contribution in [0.15, 0.2) is 5.38 Å². The van der Waals surface area contributed by atoms with E-state index in [4.69, 9.17) is 9.84 Å². The van der Waals surface area contributed by atoms with Crippen molar-refractivity contribution in [1.29, 1.82) is 0 Å². The highest BCUT2D eigenvalue weighted by atomic mass is 32.1. The molecule has 0 aliphatic rings. The average molecular weight is 215 g/mol. The quantitative estimate of drug-likeness (QED) is 0.831. The predicted octanol–water partition coefficient (Wildman–Crippen LogP) is 1.77. The Morgan fingerprint density at radius 3 is 2.79 bits per heavy atom. The van der Waals surface area contributed by atoms with Crippen LogP contribution in [0.3, 0.4) is 0 Å². The number of carbonyl (C=O) groups is 1. The molecule has 1 rings (SSSR count). The maximum absolute atomic E-state index is 10.6. The van der Waals surface area contributed by atoms with Gasteiger partial charge in [-0.05, 0) is 0 Å². The molecule has 0 atom stereocenters. The Morgan fingerprint density at radius 2 is 2.36 bits per heavy atom. The number of thiazole rings is 1. The Bertz CT molecular complexity index is 333. The fourth-order valence-electron chi connectivity index (χ4n) is 1.11. The van der Waals surface area contributed by atoms with Crippen LogP contribution < -0.4 is 0 Å². The molecule has 0 aliphatic carbocycles. The Morgan fingerprint density at radius 1 is 1.71 bits per heavy atom. The molecule has 0 amide bonds. The van der Waals surface area contributed by atoms with Gasteiger partial charge in [-0.1, -0.05) is 13.8 Å². The third kappa shape index (κ3) is 2.30. The second-order valence-electron chi connectivity index (χ2n) is 3.66. The minimum Gasteiger partial charge on any atom is -0.476 e. The number of hydrogen-bond donors (Lipinski definition) is 1. The van der Waals surface area contributed by atoms with Crippen molar-refractivity contribution in [2.75, 3.05) is 13.7 Å². The van der Waals surface area contributed by atoms with E-state index in [1.807, 2.05) is 13.8 Å². The highest BCUT2D eigenvalue weighted by Crippen LogP contribution is 2.26. The number of aromatic carboxylic acids is 1. The van der Waals surface area contributed by atoms with Crippen LogP contribution in [-0.2, 0) is 10.2 Å². The summed E-state index contributed by atoms with van der Waals surface area (Å²) in [5.74, 6) is -0.985. The summed E-state index contributed by atoms with van der Waals surface area (Å²) in [6, 6.07) is 0. The summed E-state index contributed by atoms with van der Waals surface area (Å²) in [7, 11) is 1.62. The first kappa shape index (κ1) is 11.1. The van der Waals surface area contributed by atoms with Crippen molar-refractivity contribution in [3.05, 3.63) is 16.1 Å². The molecular weight excluding hydrogens is 202 g/mol. The van der Waals surface area contributed by atoms with Crippen molar-refractivity contribution in [3.8, 4) is 0 Å². The number of hydrogen-bond acceptors (Lipinski definition) is 4. The lowest BCUT2D eigenvalue weighted by atomic mass is 9.96. The number of ether oxygens (including phenoxy) is 1. The minimum atomic E-state index is -0.985. The van der Waals surface area contributed by atoms with Gasteiger partial charge in [-0.2, -0.15) is 0 Å². The van der Waals surface area contributed by atoms with Gasteiger partial charge in [-0.25, -0.2) is 9.78 Å². The molecular formula is C9H13NO3S. The van der Waals surface area contributed by atoms with Crippen LogP contribution in [0.2, 0.25) is 0 Å². The maximum atomic E-state index is 10.6. The zero-order chi connectivity index (χ0) is 10.8. The molecule has 0 saturated carbocycles. The molecule has 5 heteroatoms. The molecule has 1 aromatic rings. The summed E-state index contributed by atoms with van der Waals surface area (Å²) in [6.45, 7) is 4.47.